The van der Waals surface area contributed by atoms with Gasteiger partial charge in [0.1, 0.15) is 4.32 Å². The van der Waals surface area contributed by atoms with Gasteiger partial charge in [0, 0.05) is 20.1 Å². The SMILES string of the molecule is CNC(=O)NC(=O)C(C)SC(=S)N1CCCC1. The van der Waals surface area contributed by atoms with Gasteiger partial charge in [0.2, 0.25) is 5.91 Å². The van der Waals surface area contributed by atoms with Gasteiger partial charge in [0.25, 0.3) is 0 Å². The summed E-state index contributed by atoms with van der Waals surface area (Å²) >= 11 is 6.58. The van der Waals surface area contributed by atoms with Crippen LogP contribution in [-0.2, 0) is 4.79 Å². The molecule has 1 atom stereocenters. The van der Waals surface area contributed by atoms with Gasteiger partial charge >= 0.3 is 6.03 Å². The number of carbonyl (C=O) groups is 2. The maximum atomic E-state index is 11.6. The molecule has 0 aromatic rings. The highest BCUT2D eigenvalue weighted by atomic mass is 32.2. The predicted molar refractivity (Wildman–Crippen MR) is 73.1 cm³/mol. The first kappa shape index (κ1) is 14.2. The van der Waals surface area contributed by atoms with Crippen LogP contribution in [0, 0.1) is 0 Å². The van der Waals surface area contributed by atoms with Crippen LogP contribution in [0.2, 0.25) is 0 Å². The molecule has 0 radical (unpaired) electrons. The Bertz CT molecular complexity index is 317. The third kappa shape index (κ3) is 4.51. The van der Waals surface area contributed by atoms with Crippen molar-refractivity contribution in [2.75, 3.05) is 20.1 Å². The molecule has 1 unspecified atom stereocenters. The summed E-state index contributed by atoms with van der Waals surface area (Å²) in [7, 11) is 1.47. The lowest BCUT2D eigenvalue weighted by atomic mass is 10.4. The Balaban J connectivity index is 2.36. The smallest absolute Gasteiger partial charge is 0.321 e. The van der Waals surface area contributed by atoms with Crippen LogP contribution in [0.4, 0.5) is 4.79 Å². The first-order valence-corrected chi connectivity index (χ1v) is 6.81. The summed E-state index contributed by atoms with van der Waals surface area (Å²) in [5, 5.41) is 4.21. The van der Waals surface area contributed by atoms with Gasteiger partial charge in [-0.3, -0.25) is 10.1 Å². The highest BCUT2D eigenvalue weighted by Crippen LogP contribution is 2.20. The highest BCUT2D eigenvalue weighted by molar-refractivity contribution is 8.23. The second-order valence-electron chi connectivity index (χ2n) is 3.79. The number of nitrogens with zero attached hydrogens (tertiary/aromatic N) is 1. The zero-order valence-corrected chi connectivity index (χ0v) is 11.6. The molecule has 2 N–H and O–H groups in total. The summed E-state index contributed by atoms with van der Waals surface area (Å²) in [4.78, 5) is 24.7. The number of rotatable bonds is 2. The van der Waals surface area contributed by atoms with Crippen LogP contribution in [0.5, 0.6) is 0 Å². The molecule has 7 heteroatoms. The maximum Gasteiger partial charge on any atom is 0.321 e. The van der Waals surface area contributed by atoms with Crippen molar-refractivity contribution in [1.29, 1.82) is 0 Å². The van der Waals surface area contributed by atoms with Crippen LogP contribution in [0.1, 0.15) is 19.8 Å². The average molecular weight is 275 g/mol. The Morgan fingerprint density at radius 2 is 1.94 bits per heavy atom. The van der Waals surface area contributed by atoms with E-state index in [1.54, 1.807) is 6.92 Å². The fourth-order valence-corrected chi connectivity index (χ4v) is 2.87. The number of imide groups is 1. The van der Waals surface area contributed by atoms with Crippen molar-refractivity contribution in [3.05, 3.63) is 0 Å². The standard InChI is InChI=1S/C10H17N3O2S2/c1-7(8(14)12-9(15)11-2)17-10(16)13-5-3-4-6-13/h7H,3-6H2,1-2H3,(H2,11,12,14,15). The number of hydrogen-bond acceptors (Lipinski definition) is 4. The zero-order valence-electron chi connectivity index (χ0n) is 9.99. The molecule has 0 aliphatic carbocycles. The van der Waals surface area contributed by atoms with E-state index in [1.165, 1.54) is 18.8 Å². The number of hydrogen-bond donors (Lipinski definition) is 2. The Morgan fingerprint density at radius 3 is 2.47 bits per heavy atom. The Kier molecular flexibility index (Phi) is 5.70. The van der Waals surface area contributed by atoms with Crippen molar-refractivity contribution in [2.24, 2.45) is 0 Å². The monoisotopic (exact) mass is 275 g/mol. The van der Waals surface area contributed by atoms with E-state index in [-0.39, 0.29) is 11.2 Å². The zero-order chi connectivity index (χ0) is 12.8. The first-order valence-electron chi connectivity index (χ1n) is 5.52. The van der Waals surface area contributed by atoms with E-state index in [1.807, 2.05) is 0 Å². The lowest BCUT2D eigenvalue weighted by molar-refractivity contribution is -0.119. The number of amides is 3. The number of carbonyl (C=O) groups excluding carboxylic acids is 2. The molecule has 3 amide bonds. The van der Waals surface area contributed by atoms with Gasteiger partial charge < -0.3 is 10.2 Å². The van der Waals surface area contributed by atoms with E-state index in [2.05, 4.69) is 15.5 Å². The maximum absolute atomic E-state index is 11.6. The molecule has 1 rings (SSSR count). The van der Waals surface area contributed by atoms with Gasteiger partial charge in [0.15, 0.2) is 0 Å². The molecular formula is C10H17N3O2S2. The Hall–Kier alpha value is -0.820. The van der Waals surface area contributed by atoms with Gasteiger partial charge in [-0.25, -0.2) is 4.79 Å². The van der Waals surface area contributed by atoms with E-state index in [4.69, 9.17) is 12.2 Å². The molecule has 1 fully saturated rings. The summed E-state index contributed by atoms with van der Waals surface area (Å²) in [6.45, 7) is 3.68. The second kappa shape index (κ2) is 6.80. The van der Waals surface area contributed by atoms with Crippen LogP contribution in [-0.4, -0.2) is 46.5 Å². The molecule has 0 saturated carbocycles. The summed E-state index contributed by atoms with van der Waals surface area (Å²) in [5.41, 5.74) is 0. The molecule has 0 aromatic carbocycles. The molecule has 1 aliphatic rings. The second-order valence-corrected chi connectivity index (χ2v) is 5.76. The minimum atomic E-state index is -0.491. The first-order chi connectivity index (χ1) is 8.04. The molecule has 5 nitrogen and oxygen atoms in total. The summed E-state index contributed by atoms with van der Waals surface area (Å²) in [6, 6.07) is -0.491. The van der Waals surface area contributed by atoms with Crippen LogP contribution in [0.15, 0.2) is 0 Å². The number of nitrogens with one attached hydrogen (secondary N) is 2. The molecule has 17 heavy (non-hydrogen) atoms. The van der Waals surface area contributed by atoms with Crippen molar-refractivity contribution < 1.29 is 9.59 Å². The summed E-state index contributed by atoms with van der Waals surface area (Å²) < 4.78 is 0.738. The molecule has 1 aliphatic heterocycles. The van der Waals surface area contributed by atoms with E-state index < -0.39 is 6.03 Å². The van der Waals surface area contributed by atoms with Gasteiger partial charge in [0.05, 0.1) is 5.25 Å². The minimum Gasteiger partial charge on any atom is -0.358 e. The fourth-order valence-electron chi connectivity index (χ4n) is 1.46. The largest absolute Gasteiger partial charge is 0.358 e. The summed E-state index contributed by atoms with van der Waals surface area (Å²) in [6.07, 6.45) is 2.30. The number of thioether (sulfide) groups is 1. The normalized spacial score (nSPS) is 16.5. The van der Waals surface area contributed by atoms with Crippen molar-refractivity contribution in [3.63, 3.8) is 0 Å². The minimum absolute atomic E-state index is 0.323. The quantitative estimate of drug-likeness (QED) is 0.735. The highest BCUT2D eigenvalue weighted by Gasteiger charge is 2.22. The average Bonchev–Trinajstić information content (AvgIpc) is 2.82. The molecular weight excluding hydrogens is 258 g/mol. The van der Waals surface area contributed by atoms with Gasteiger partial charge in [-0.05, 0) is 19.8 Å². The van der Waals surface area contributed by atoms with E-state index in [0.717, 1.165) is 30.3 Å². The van der Waals surface area contributed by atoms with Crippen LogP contribution in [0.3, 0.4) is 0 Å². The van der Waals surface area contributed by atoms with Crippen molar-refractivity contribution in [1.82, 2.24) is 15.5 Å². The van der Waals surface area contributed by atoms with Gasteiger partial charge in [-0.15, -0.1) is 0 Å². The van der Waals surface area contributed by atoms with Crippen LogP contribution in [0.25, 0.3) is 0 Å². The van der Waals surface area contributed by atoms with Crippen molar-refractivity contribution in [2.45, 2.75) is 25.0 Å². The topological polar surface area (TPSA) is 61.4 Å². The molecule has 96 valence electrons. The van der Waals surface area contributed by atoms with E-state index >= 15 is 0 Å². The van der Waals surface area contributed by atoms with Crippen molar-refractivity contribution >= 4 is 40.2 Å². The number of likely N-dealkylation sites (tertiary alicyclic amines) is 1. The van der Waals surface area contributed by atoms with Crippen LogP contribution >= 0.6 is 24.0 Å². The van der Waals surface area contributed by atoms with E-state index in [9.17, 15) is 9.59 Å². The van der Waals surface area contributed by atoms with Gasteiger partial charge in [-0.1, -0.05) is 24.0 Å². The third-order valence-corrected chi connectivity index (χ3v) is 4.05. The molecule has 1 saturated heterocycles. The number of urea groups is 1. The predicted octanol–water partition coefficient (Wildman–Crippen LogP) is 0.944. The van der Waals surface area contributed by atoms with Crippen molar-refractivity contribution in [3.8, 4) is 0 Å². The molecule has 1 heterocycles. The Labute approximate surface area is 111 Å². The third-order valence-electron chi connectivity index (χ3n) is 2.47. The number of thiocarbonyl (C=S) groups is 1. The Morgan fingerprint density at radius 1 is 1.35 bits per heavy atom. The molecule has 0 aromatic heterocycles. The fraction of sp³-hybridized carbons (Fsp3) is 0.700. The van der Waals surface area contributed by atoms with Crippen LogP contribution < -0.4 is 10.6 Å². The molecule has 0 spiro atoms. The van der Waals surface area contributed by atoms with E-state index in [0.29, 0.717) is 0 Å². The lowest BCUT2D eigenvalue weighted by Crippen LogP contribution is -2.42. The van der Waals surface area contributed by atoms with Gasteiger partial charge in [-0.2, -0.15) is 0 Å². The lowest BCUT2D eigenvalue weighted by Gasteiger charge is -2.20. The molecule has 0 bridgehead atoms. The summed E-state index contributed by atoms with van der Waals surface area (Å²) in [5.74, 6) is -0.323.